The topological polar surface area (TPSA) is 23.6 Å². The summed E-state index contributed by atoms with van der Waals surface area (Å²) in [5.41, 5.74) is 0.909. The van der Waals surface area contributed by atoms with E-state index in [9.17, 15) is 9.18 Å². The number of nitrogens with zero attached hydrogens (tertiary/aromatic N) is 2. The Balaban J connectivity index is 1.27. The molecule has 0 unspecified atom stereocenters. The number of rotatable bonds is 2. The zero-order chi connectivity index (χ0) is 17.0. The van der Waals surface area contributed by atoms with Gasteiger partial charge in [-0.25, -0.2) is 4.39 Å². The number of benzene rings is 1. The van der Waals surface area contributed by atoms with Crippen LogP contribution in [-0.2, 0) is 0 Å². The summed E-state index contributed by atoms with van der Waals surface area (Å²) in [6.07, 6.45) is 8.57. The molecule has 25 heavy (non-hydrogen) atoms. The first-order chi connectivity index (χ1) is 12.1. The smallest absolute Gasteiger partial charge is 0.254 e. The van der Waals surface area contributed by atoms with Crippen molar-refractivity contribution in [1.29, 1.82) is 0 Å². The normalized spacial score (nSPS) is 37.5. The molecule has 6 rings (SSSR count). The van der Waals surface area contributed by atoms with Crippen molar-refractivity contribution in [3.05, 3.63) is 35.6 Å². The van der Waals surface area contributed by atoms with E-state index >= 15 is 0 Å². The molecule has 4 saturated carbocycles. The fourth-order valence-electron chi connectivity index (χ4n) is 6.64. The van der Waals surface area contributed by atoms with Crippen LogP contribution in [0.5, 0.6) is 0 Å². The van der Waals surface area contributed by atoms with Gasteiger partial charge in [0.2, 0.25) is 0 Å². The van der Waals surface area contributed by atoms with Gasteiger partial charge in [0.15, 0.2) is 0 Å². The van der Waals surface area contributed by atoms with E-state index in [2.05, 4.69) is 4.90 Å². The van der Waals surface area contributed by atoms with Gasteiger partial charge in [-0.3, -0.25) is 9.69 Å². The average Bonchev–Trinajstić information content (AvgIpc) is 2.60. The predicted octanol–water partition coefficient (Wildman–Crippen LogP) is 3.55. The fourth-order valence-corrected chi connectivity index (χ4v) is 6.64. The van der Waals surface area contributed by atoms with Crippen molar-refractivity contribution >= 4 is 5.91 Å². The molecule has 1 heterocycles. The molecule has 1 aromatic rings. The highest BCUT2D eigenvalue weighted by Gasteiger charge is 2.53. The van der Waals surface area contributed by atoms with Crippen LogP contribution in [0.2, 0.25) is 0 Å². The molecule has 134 valence electrons. The maximum Gasteiger partial charge on any atom is 0.254 e. The van der Waals surface area contributed by atoms with Gasteiger partial charge in [-0.15, -0.1) is 0 Å². The Morgan fingerprint density at radius 1 is 0.960 bits per heavy atom. The maximum absolute atomic E-state index is 13.4. The van der Waals surface area contributed by atoms with Gasteiger partial charge < -0.3 is 4.90 Å². The van der Waals surface area contributed by atoms with Gasteiger partial charge in [0, 0.05) is 37.3 Å². The highest BCUT2D eigenvalue weighted by Crippen LogP contribution is 2.57. The zero-order valence-electron chi connectivity index (χ0n) is 14.8. The molecule has 4 bridgehead atoms. The molecule has 0 spiro atoms. The Kier molecular flexibility index (Phi) is 3.67. The largest absolute Gasteiger partial charge is 0.336 e. The first kappa shape index (κ1) is 15.8. The Hall–Kier alpha value is -1.42. The van der Waals surface area contributed by atoms with Crippen LogP contribution in [-0.4, -0.2) is 47.4 Å². The number of hydrogen-bond acceptors (Lipinski definition) is 2. The highest BCUT2D eigenvalue weighted by atomic mass is 19.1. The third kappa shape index (κ3) is 2.69. The van der Waals surface area contributed by atoms with Crippen molar-refractivity contribution in [2.45, 2.75) is 44.1 Å². The Morgan fingerprint density at radius 3 is 2.12 bits per heavy atom. The molecule has 1 saturated heterocycles. The van der Waals surface area contributed by atoms with Crippen molar-refractivity contribution in [3.63, 3.8) is 0 Å². The van der Waals surface area contributed by atoms with Gasteiger partial charge in [-0.2, -0.15) is 0 Å². The van der Waals surface area contributed by atoms with E-state index in [0.717, 1.165) is 43.9 Å². The number of halogens is 1. The maximum atomic E-state index is 13.4. The van der Waals surface area contributed by atoms with Crippen LogP contribution in [0.4, 0.5) is 4.39 Å². The van der Waals surface area contributed by atoms with Crippen molar-refractivity contribution in [2.24, 2.45) is 17.8 Å². The minimum atomic E-state index is -0.335. The van der Waals surface area contributed by atoms with Crippen molar-refractivity contribution in [2.75, 3.05) is 26.2 Å². The number of carbonyl (C=O) groups excluding carboxylic acids is 1. The molecule has 0 aromatic heterocycles. The van der Waals surface area contributed by atoms with Gasteiger partial charge in [0.05, 0.1) is 0 Å². The number of amides is 1. The van der Waals surface area contributed by atoms with Gasteiger partial charge in [0.1, 0.15) is 5.82 Å². The molecule has 5 aliphatic rings. The van der Waals surface area contributed by atoms with Crippen LogP contribution < -0.4 is 0 Å². The van der Waals surface area contributed by atoms with E-state index in [4.69, 9.17) is 0 Å². The molecule has 0 N–H and O–H groups in total. The van der Waals surface area contributed by atoms with E-state index in [1.807, 2.05) is 4.90 Å². The van der Waals surface area contributed by atoms with E-state index in [0.29, 0.717) is 11.1 Å². The van der Waals surface area contributed by atoms with Crippen LogP contribution in [0.1, 0.15) is 48.9 Å². The van der Waals surface area contributed by atoms with Crippen LogP contribution in [0.3, 0.4) is 0 Å². The molecule has 0 radical (unpaired) electrons. The molecular weight excluding hydrogens is 315 g/mol. The Bertz CT molecular complexity index is 645. The van der Waals surface area contributed by atoms with Crippen molar-refractivity contribution in [3.8, 4) is 0 Å². The molecule has 4 heteroatoms. The second kappa shape index (κ2) is 5.80. The van der Waals surface area contributed by atoms with Gasteiger partial charge in [-0.05, 0) is 74.5 Å². The second-order valence-electron chi connectivity index (χ2n) is 8.93. The summed E-state index contributed by atoms with van der Waals surface area (Å²) < 4.78 is 13.4. The van der Waals surface area contributed by atoms with Crippen molar-refractivity contribution < 1.29 is 9.18 Å². The van der Waals surface area contributed by atoms with Crippen molar-refractivity contribution in [1.82, 2.24) is 9.80 Å². The molecule has 5 fully saturated rings. The molecule has 0 atom stereocenters. The zero-order valence-corrected chi connectivity index (χ0v) is 14.8. The highest BCUT2D eigenvalue weighted by molar-refractivity contribution is 5.94. The summed E-state index contributed by atoms with van der Waals surface area (Å²) in [4.78, 5) is 17.3. The molecule has 4 aliphatic carbocycles. The lowest BCUT2D eigenvalue weighted by Crippen LogP contribution is -2.64. The molecule has 1 amide bonds. The summed E-state index contributed by atoms with van der Waals surface area (Å²) >= 11 is 0. The third-order valence-electron chi connectivity index (χ3n) is 7.32. The summed E-state index contributed by atoms with van der Waals surface area (Å²) in [7, 11) is 0. The minimum absolute atomic E-state index is 0.0235. The lowest BCUT2D eigenvalue weighted by atomic mass is 9.52. The standard InChI is InChI=1S/C21H27FN2O/c22-19-3-1-2-18(11-19)20(25)23-4-6-24(7-5-23)21-12-15-8-16(13-21)10-17(9-15)14-21/h1-3,11,15-17H,4-10,12-14H2. The number of carbonyl (C=O) groups is 1. The van der Waals surface area contributed by atoms with E-state index < -0.39 is 0 Å². The fraction of sp³-hybridized carbons (Fsp3) is 0.667. The van der Waals surface area contributed by atoms with E-state index in [-0.39, 0.29) is 11.7 Å². The average molecular weight is 342 g/mol. The predicted molar refractivity (Wildman–Crippen MR) is 94.8 cm³/mol. The Morgan fingerprint density at radius 2 is 1.56 bits per heavy atom. The lowest BCUT2D eigenvalue weighted by Gasteiger charge is -2.61. The van der Waals surface area contributed by atoms with Gasteiger partial charge in [-0.1, -0.05) is 6.07 Å². The summed E-state index contributed by atoms with van der Waals surface area (Å²) in [6, 6.07) is 6.08. The van der Waals surface area contributed by atoms with Gasteiger partial charge >= 0.3 is 0 Å². The van der Waals surface area contributed by atoms with E-state index in [1.54, 1.807) is 12.1 Å². The Labute approximate surface area is 149 Å². The number of piperazine rings is 1. The van der Waals surface area contributed by atoms with Crippen LogP contribution >= 0.6 is 0 Å². The summed E-state index contributed by atoms with van der Waals surface area (Å²) in [5.74, 6) is 2.51. The van der Waals surface area contributed by atoms with Crippen LogP contribution in [0.25, 0.3) is 0 Å². The first-order valence-electron chi connectivity index (χ1n) is 9.91. The molecule has 1 aliphatic heterocycles. The van der Waals surface area contributed by atoms with Crippen LogP contribution in [0.15, 0.2) is 24.3 Å². The van der Waals surface area contributed by atoms with E-state index in [1.165, 1.54) is 50.7 Å². The SMILES string of the molecule is O=C(c1cccc(F)c1)N1CCN(C23CC4CC(CC(C4)C2)C3)CC1. The molecule has 1 aromatic carbocycles. The molecular formula is C21H27FN2O. The van der Waals surface area contributed by atoms with Gasteiger partial charge in [0.25, 0.3) is 5.91 Å². The quantitative estimate of drug-likeness (QED) is 0.820. The monoisotopic (exact) mass is 342 g/mol. The number of hydrogen-bond donors (Lipinski definition) is 0. The second-order valence-corrected chi connectivity index (χ2v) is 8.93. The summed E-state index contributed by atoms with van der Waals surface area (Å²) in [5, 5.41) is 0. The third-order valence-corrected chi connectivity index (χ3v) is 7.32. The first-order valence-corrected chi connectivity index (χ1v) is 9.91. The summed E-state index contributed by atoms with van der Waals surface area (Å²) in [6.45, 7) is 3.51. The lowest BCUT2D eigenvalue weighted by molar-refractivity contribution is -0.0987. The molecule has 3 nitrogen and oxygen atoms in total. The minimum Gasteiger partial charge on any atom is -0.336 e. The van der Waals surface area contributed by atoms with Crippen LogP contribution in [0, 0.1) is 23.6 Å².